The first-order valence-corrected chi connectivity index (χ1v) is 7.60. The van der Waals surface area contributed by atoms with Crippen molar-refractivity contribution in [2.75, 3.05) is 0 Å². The molecular weight excluding hydrogens is 242 g/mol. The van der Waals surface area contributed by atoms with E-state index in [0.717, 1.165) is 10.9 Å². The standard InChI is InChI=1S/C16H24ClN/c1-3-13-8-4-7-11-16(13)18-12(2)14-9-5-6-10-15(14)17/h5-6,9-10,12-13,16,18H,3-4,7-8,11H2,1-2H3/t12-,13?,16?/m1/s1. The second kappa shape index (κ2) is 6.58. The second-order valence-electron chi connectivity index (χ2n) is 5.47. The van der Waals surface area contributed by atoms with E-state index in [9.17, 15) is 0 Å². The number of rotatable bonds is 4. The van der Waals surface area contributed by atoms with Gasteiger partial charge in [-0.3, -0.25) is 0 Å². The summed E-state index contributed by atoms with van der Waals surface area (Å²) in [5.74, 6) is 0.837. The Balaban J connectivity index is 2.02. The third-order valence-corrected chi connectivity index (χ3v) is 4.61. The predicted octanol–water partition coefficient (Wildman–Crippen LogP) is 4.96. The largest absolute Gasteiger partial charge is 0.307 e. The maximum absolute atomic E-state index is 6.27. The molecule has 2 heteroatoms. The van der Waals surface area contributed by atoms with Crippen molar-refractivity contribution in [2.45, 2.75) is 58.0 Å². The van der Waals surface area contributed by atoms with E-state index in [0.29, 0.717) is 12.1 Å². The molecular formula is C16H24ClN. The number of hydrogen-bond donors (Lipinski definition) is 1. The van der Waals surface area contributed by atoms with Gasteiger partial charge in [-0.25, -0.2) is 0 Å². The average molecular weight is 266 g/mol. The smallest absolute Gasteiger partial charge is 0.0453 e. The third-order valence-electron chi connectivity index (χ3n) is 4.27. The first-order valence-electron chi connectivity index (χ1n) is 7.22. The molecule has 0 aliphatic heterocycles. The highest BCUT2D eigenvalue weighted by atomic mass is 35.5. The molecule has 0 heterocycles. The molecule has 0 saturated heterocycles. The highest BCUT2D eigenvalue weighted by Crippen LogP contribution is 2.30. The lowest BCUT2D eigenvalue weighted by atomic mass is 9.82. The molecule has 1 aromatic carbocycles. The minimum atomic E-state index is 0.343. The zero-order valence-electron chi connectivity index (χ0n) is 11.5. The van der Waals surface area contributed by atoms with Crippen LogP contribution in [0.4, 0.5) is 0 Å². The van der Waals surface area contributed by atoms with Crippen LogP contribution in [0.25, 0.3) is 0 Å². The predicted molar refractivity (Wildman–Crippen MR) is 79.0 cm³/mol. The maximum Gasteiger partial charge on any atom is 0.0453 e. The highest BCUT2D eigenvalue weighted by Gasteiger charge is 2.25. The lowest BCUT2D eigenvalue weighted by Gasteiger charge is -2.34. The molecule has 1 nitrogen and oxygen atoms in total. The number of halogens is 1. The molecule has 1 aromatic rings. The molecule has 1 aliphatic rings. The number of nitrogens with one attached hydrogen (secondary N) is 1. The van der Waals surface area contributed by atoms with Crippen molar-refractivity contribution in [1.29, 1.82) is 0 Å². The molecule has 0 radical (unpaired) electrons. The molecule has 1 fully saturated rings. The van der Waals surface area contributed by atoms with Crippen molar-refractivity contribution in [1.82, 2.24) is 5.32 Å². The Kier molecular flexibility index (Phi) is 5.08. The van der Waals surface area contributed by atoms with Gasteiger partial charge in [-0.05, 0) is 37.3 Å². The van der Waals surface area contributed by atoms with E-state index in [1.54, 1.807) is 0 Å². The summed E-state index contributed by atoms with van der Waals surface area (Å²) in [7, 11) is 0. The van der Waals surface area contributed by atoms with Crippen LogP contribution in [0.1, 0.15) is 57.6 Å². The number of hydrogen-bond acceptors (Lipinski definition) is 1. The van der Waals surface area contributed by atoms with Crippen LogP contribution in [0.3, 0.4) is 0 Å². The Bertz CT molecular complexity index is 377. The van der Waals surface area contributed by atoms with Gasteiger partial charge in [-0.15, -0.1) is 0 Å². The summed E-state index contributed by atoms with van der Waals surface area (Å²) in [6, 6.07) is 9.17. The first kappa shape index (κ1) is 13.9. The summed E-state index contributed by atoms with van der Waals surface area (Å²) in [5.41, 5.74) is 1.22. The van der Waals surface area contributed by atoms with Crippen LogP contribution >= 0.6 is 11.6 Å². The van der Waals surface area contributed by atoms with Gasteiger partial charge in [0.05, 0.1) is 0 Å². The minimum Gasteiger partial charge on any atom is -0.307 e. The summed E-state index contributed by atoms with van der Waals surface area (Å²) in [5, 5.41) is 4.67. The van der Waals surface area contributed by atoms with Crippen LogP contribution in [-0.4, -0.2) is 6.04 Å². The molecule has 100 valence electrons. The van der Waals surface area contributed by atoms with E-state index in [4.69, 9.17) is 11.6 Å². The Morgan fingerprint density at radius 1 is 1.28 bits per heavy atom. The highest BCUT2D eigenvalue weighted by molar-refractivity contribution is 6.31. The first-order chi connectivity index (χ1) is 8.72. The van der Waals surface area contributed by atoms with Crippen LogP contribution < -0.4 is 5.32 Å². The third kappa shape index (κ3) is 3.27. The van der Waals surface area contributed by atoms with Gasteiger partial charge in [0.25, 0.3) is 0 Å². The van der Waals surface area contributed by atoms with Crippen molar-refractivity contribution in [3.63, 3.8) is 0 Å². The van der Waals surface area contributed by atoms with Gasteiger partial charge in [0, 0.05) is 17.1 Å². The SMILES string of the molecule is CCC1CCCCC1N[C@H](C)c1ccccc1Cl. The zero-order valence-corrected chi connectivity index (χ0v) is 12.2. The van der Waals surface area contributed by atoms with Gasteiger partial charge in [0.15, 0.2) is 0 Å². The quantitative estimate of drug-likeness (QED) is 0.811. The van der Waals surface area contributed by atoms with Gasteiger partial charge in [0.1, 0.15) is 0 Å². The minimum absolute atomic E-state index is 0.343. The Morgan fingerprint density at radius 3 is 2.72 bits per heavy atom. The summed E-state index contributed by atoms with van der Waals surface area (Å²) in [6.45, 7) is 4.54. The van der Waals surface area contributed by atoms with Gasteiger partial charge in [-0.1, -0.05) is 56.0 Å². The Hall–Kier alpha value is -0.530. The van der Waals surface area contributed by atoms with E-state index in [1.807, 2.05) is 12.1 Å². The summed E-state index contributed by atoms with van der Waals surface area (Å²) < 4.78 is 0. The average Bonchev–Trinajstić information content (AvgIpc) is 2.39. The summed E-state index contributed by atoms with van der Waals surface area (Å²) in [6.07, 6.45) is 6.74. The molecule has 0 amide bonds. The summed E-state index contributed by atoms with van der Waals surface area (Å²) in [4.78, 5) is 0. The molecule has 2 rings (SSSR count). The monoisotopic (exact) mass is 265 g/mol. The van der Waals surface area contributed by atoms with Gasteiger partial charge in [-0.2, -0.15) is 0 Å². The molecule has 0 aromatic heterocycles. The lowest BCUT2D eigenvalue weighted by molar-refractivity contribution is 0.241. The number of benzene rings is 1. The molecule has 2 unspecified atom stereocenters. The molecule has 3 atom stereocenters. The van der Waals surface area contributed by atoms with Crippen molar-refractivity contribution < 1.29 is 0 Å². The van der Waals surface area contributed by atoms with Crippen LogP contribution in [0.2, 0.25) is 5.02 Å². The topological polar surface area (TPSA) is 12.0 Å². The van der Waals surface area contributed by atoms with Crippen LogP contribution in [0, 0.1) is 5.92 Å². The van der Waals surface area contributed by atoms with Crippen LogP contribution in [0.5, 0.6) is 0 Å². The zero-order chi connectivity index (χ0) is 13.0. The lowest BCUT2D eigenvalue weighted by Crippen LogP contribution is -2.39. The van der Waals surface area contributed by atoms with Gasteiger partial charge >= 0.3 is 0 Å². The fourth-order valence-electron chi connectivity index (χ4n) is 3.15. The normalized spacial score (nSPS) is 25.9. The Labute approximate surface area is 116 Å². The fraction of sp³-hybridized carbons (Fsp3) is 0.625. The van der Waals surface area contributed by atoms with Crippen molar-refractivity contribution >= 4 is 11.6 Å². The fourth-order valence-corrected chi connectivity index (χ4v) is 3.45. The Morgan fingerprint density at radius 2 is 2.00 bits per heavy atom. The molecule has 1 saturated carbocycles. The molecule has 0 bridgehead atoms. The van der Waals surface area contributed by atoms with E-state index >= 15 is 0 Å². The summed E-state index contributed by atoms with van der Waals surface area (Å²) >= 11 is 6.27. The van der Waals surface area contributed by atoms with Crippen LogP contribution in [-0.2, 0) is 0 Å². The van der Waals surface area contributed by atoms with Gasteiger partial charge < -0.3 is 5.32 Å². The second-order valence-corrected chi connectivity index (χ2v) is 5.88. The van der Waals surface area contributed by atoms with E-state index in [1.165, 1.54) is 37.7 Å². The van der Waals surface area contributed by atoms with Crippen LogP contribution in [0.15, 0.2) is 24.3 Å². The van der Waals surface area contributed by atoms with Crippen molar-refractivity contribution in [2.24, 2.45) is 5.92 Å². The van der Waals surface area contributed by atoms with Gasteiger partial charge in [0.2, 0.25) is 0 Å². The molecule has 0 spiro atoms. The molecule has 1 aliphatic carbocycles. The maximum atomic E-state index is 6.27. The van der Waals surface area contributed by atoms with E-state index in [-0.39, 0.29) is 0 Å². The molecule has 1 N–H and O–H groups in total. The van der Waals surface area contributed by atoms with E-state index < -0.39 is 0 Å². The van der Waals surface area contributed by atoms with Crippen molar-refractivity contribution in [3.8, 4) is 0 Å². The van der Waals surface area contributed by atoms with E-state index in [2.05, 4.69) is 31.3 Å². The molecule has 18 heavy (non-hydrogen) atoms. The van der Waals surface area contributed by atoms with Crippen molar-refractivity contribution in [3.05, 3.63) is 34.9 Å².